The topological polar surface area (TPSA) is 58.1 Å². The summed E-state index contributed by atoms with van der Waals surface area (Å²) in [6.07, 6.45) is -1.83. The Morgan fingerprint density at radius 1 is 1.24 bits per heavy atom. The number of nitrogens with zero attached hydrogens (tertiary/aromatic N) is 3. The number of piperazine rings is 1. The lowest BCUT2D eigenvalue weighted by molar-refractivity contribution is -0.138. The lowest BCUT2D eigenvalue weighted by Crippen LogP contribution is -2.52. The van der Waals surface area contributed by atoms with Crippen LogP contribution in [0.2, 0.25) is 0 Å². The van der Waals surface area contributed by atoms with E-state index in [-0.39, 0.29) is 23.8 Å². The minimum absolute atomic E-state index is 0.0278. The van der Waals surface area contributed by atoms with E-state index >= 15 is 0 Å². The van der Waals surface area contributed by atoms with Crippen LogP contribution in [0.25, 0.3) is 0 Å². The van der Waals surface area contributed by atoms with Crippen LogP contribution >= 0.6 is 0 Å². The molecule has 1 fully saturated rings. The van der Waals surface area contributed by atoms with Gasteiger partial charge in [-0.1, -0.05) is 0 Å². The number of pyridine rings is 2. The summed E-state index contributed by atoms with van der Waals surface area (Å²) in [7, 11) is 0. The summed E-state index contributed by atoms with van der Waals surface area (Å²) in [6, 6.07) is 4.83. The summed E-state index contributed by atoms with van der Waals surface area (Å²) < 4.78 is 54.4. The van der Waals surface area contributed by atoms with Crippen molar-refractivity contribution in [2.24, 2.45) is 0 Å². The van der Waals surface area contributed by atoms with Crippen molar-refractivity contribution in [2.45, 2.75) is 38.2 Å². The molecule has 1 unspecified atom stereocenters. The minimum atomic E-state index is -4.72. The molecule has 3 heterocycles. The fourth-order valence-corrected chi connectivity index (χ4v) is 3.42. The van der Waals surface area contributed by atoms with Crippen LogP contribution in [0.5, 0.6) is 0 Å². The van der Waals surface area contributed by atoms with E-state index in [1.165, 1.54) is 44.4 Å². The molecule has 0 aliphatic carbocycles. The number of ketones is 1. The first kappa shape index (κ1) is 21.2. The molecular formula is C20H22F4N4O. The van der Waals surface area contributed by atoms with E-state index in [0.29, 0.717) is 19.6 Å². The molecule has 156 valence electrons. The molecule has 5 nitrogen and oxygen atoms in total. The zero-order valence-electron chi connectivity index (χ0n) is 16.1. The molecule has 0 radical (unpaired) electrons. The SMILES string of the molecule is CC(C)(F)CC1CN(c2ccc(C(F)(F)F)c(C(=O)c3cccnc3)n2)CCN1. The molecule has 1 aliphatic heterocycles. The Balaban J connectivity index is 1.94. The first-order valence-corrected chi connectivity index (χ1v) is 9.25. The van der Waals surface area contributed by atoms with Gasteiger partial charge in [0.1, 0.15) is 17.2 Å². The van der Waals surface area contributed by atoms with Crippen molar-refractivity contribution in [1.82, 2.24) is 15.3 Å². The summed E-state index contributed by atoms with van der Waals surface area (Å²) in [5, 5.41) is 3.21. The molecule has 1 atom stereocenters. The molecular weight excluding hydrogens is 388 g/mol. The van der Waals surface area contributed by atoms with E-state index in [1.807, 2.05) is 0 Å². The number of hydrogen-bond acceptors (Lipinski definition) is 5. The highest BCUT2D eigenvalue weighted by Crippen LogP contribution is 2.33. The molecule has 2 aromatic heterocycles. The van der Waals surface area contributed by atoms with Gasteiger partial charge in [0.15, 0.2) is 0 Å². The average Bonchev–Trinajstić information content (AvgIpc) is 2.66. The number of halogens is 4. The van der Waals surface area contributed by atoms with Gasteiger partial charge in [-0.3, -0.25) is 9.78 Å². The van der Waals surface area contributed by atoms with E-state index in [2.05, 4.69) is 15.3 Å². The molecule has 1 saturated heterocycles. The molecule has 0 saturated carbocycles. The Morgan fingerprint density at radius 2 is 2.00 bits per heavy atom. The van der Waals surface area contributed by atoms with Crippen molar-refractivity contribution >= 4 is 11.6 Å². The van der Waals surface area contributed by atoms with Crippen molar-refractivity contribution in [3.05, 3.63) is 53.5 Å². The first-order valence-electron chi connectivity index (χ1n) is 9.25. The Hall–Kier alpha value is -2.55. The summed E-state index contributed by atoms with van der Waals surface area (Å²) in [4.78, 5) is 22.4. The molecule has 1 N–H and O–H groups in total. The predicted octanol–water partition coefficient (Wildman–Crippen LogP) is 3.64. The monoisotopic (exact) mass is 410 g/mol. The summed E-state index contributed by atoms with van der Waals surface area (Å²) in [5.74, 6) is -0.586. The molecule has 3 rings (SSSR count). The van der Waals surface area contributed by atoms with Crippen LogP contribution in [0.4, 0.5) is 23.4 Å². The lowest BCUT2D eigenvalue weighted by atomic mass is 9.99. The summed E-state index contributed by atoms with van der Waals surface area (Å²) in [5.41, 5.74) is -3.11. The summed E-state index contributed by atoms with van der Waals surface area (Å²) >= 11 is 0. The number of aromatic nitrogens is 2. The first-order chi connectivity index (χ1) is 13.5. The predicted molar refractivity (Wildman–Crippen MR) is 101 cm³/mol. The van der Waals surface area contributed by atoms with Crippen LogP contribution in [0.3, 0.4) is 0 Å². The van der Waals surface area contributed by atoms with Gasteiger partial charge in [-0.15, -0.1) is 0 Å². The highest BCUT2D eigenvalue weighted by Gasteiger charge is 2.37. The third-order valence-corrected chi connectivity index (χ3v) is 4.64. The maximum Gasteiger partial charge on any atom is 0.418 e. The highest BCUT2D eigenvalue weighted by molar-refractivity contribution is 6.08. The van der Waals surface area contributed by atoms with Crippen molar-refractivity contribution in [1.29, 1.82) is 0 Å². The maximum absolute atomic E-state index is 14.0. The zero-order valence-corrected chi connectivity index (χ0v) is 16.1. The standard InChI is InChI=1S/C20H22F4N4O/c1-19(2,21)10-14-12-28(9-8-26-14)16-6-5-15(20(22,23)24)17(27-16)18(29)13-4-3-7-25-11-13/h3-7,11,14,26H,8-10,12H2,1-2H3. The van der Waals surface area contributed by atoms with Gasteiger partial charge in [-0.05, 0) is 44.5 Å². The van der Waals surface area contributed by atoms with Crippen molar-refractivity contribution in [2.75, 3.05) is 24.5 Å². The molecule has 0 amide bonds. The molecule has 9 heteroatoms. The van der Waals surface area contributed by atoms with Gasteiger partial charge in [0, 0.05) is 43.6 Å². The lowest BCUT2D eigenvalue weighted by Gasteiger charge is -2.36. The van der Waals surface area contributed by atoms with E-state index < -0.39 is 28.9 Å². The number of nitrogens with one attached hydrogen (secondary N) is 1. The Kier molecular flexibility index (Phi) is 5.88. The Bertz CT molecular complexity index is 865. The van der Waals surface area contributed by atoms with Crippen molar-refractivity contribution in [3.63, 3.8) is 0 Å². The molecule has 1 aliphatic rings. The number of anilines is 1. The normalized spacial score (nSPS) is 18.0. The fourth-order valence-electron chi connectivity index (χ4n) is 3.42. The highest BCUT2D eigenvalue weighted by atomic mass is 19.4. The molecule has 0 aromatic carbocycles. The van der Waals surface area contributed by atoms with E-state index in [0.717, 1.165) is 6.07 Å². The largest absolute Gasteiger partial charge is 0.418 e. The van der Waals surface area contributed by atoms with Gasteiger partial charge in [-0.2, -0.15) is 13.2 Å². The quantitative estimate of drug-likeness (QED) is 0.603. The second-order valence-corrected chi connectivity index (χ2v) is 7.65. The van der Waals surface area contributed by atoms with Gasteiger partial charge in [0.25, 0.3) is 0 Å². The maximum atomic E-state index is 14.0. The van der Waals surface area contributed by atoms with Crippen LogP contribution in [-0.2, 0) is 6.18 Å². The number of carbonyl (C=O) groups is 1. The van der Waals surface area contributed by atoms with E-state index in [1.54, 1.807) is 4.90 Å². The minimum Gasteiger partial charge on any atom is -0.354 e. The smallest absolute Gasteiger partial charge is 0.354 e. The number of carbonyl (C=O) groups excluding carboxylic acids is 1. The Morgan fingerprint density at radius 3 is 2.62 bits per heavy atom. The van der Waals surface area contributed by atoms with Gasteiger partial charge >= 0.3 is 6.18 Å². The third kappa shape index (κ3) is 5.29. The zero-order chi connectivity index (χ0) is 21.2. The molecule has 0 bridgehead atoms. The van der Waals surface area contributed by atoms with Crippen molar-refractivity contribution in [3.8, 4) is 0 Å². The second kappa shape index (κ2) is 8.06. The van der Waals surface area contributed by atoms with Gasteiger partial charge < -0.3 is 10.2 Å². The van der Waals surface area contributed by atoms with Crippen LogP contribution in [0.1, 0.15) is 41.9 Å². The molecule has 2 aromatic rings. The van der Waals surface area contributed by atoms with Gasteiger partial charge in [-0.25, -0.2) is 9.37 Å². The Labute approximate surface area is 166 Å². The number of alkyl halides is 4. The average molecular weight is 410 g/mol. The van der Waals surface area contributed by atoms with Gasteiger partial charge in [0.05, 0.1) is 5.56 Å². The second-order valence-electron chi connectivity index (χ2n) is 7.65. The van der Waals surface area contributed by atoms with Crippen molar-refractivity contribution < 1.29 is 22.4 Å². The van der Waals surface area contributed by atoms with E-state index in [4.69, 9.17) is 0 Å². The fraction of sp³-hybridized carbons (Fsp3) is 0.450. The third-order valence-electron chi connectivity index (χ3n) is 4.64. The van der Waals surface area contributed by atoms with Crippen LogP contribution in [0, 0.1) is 0 Å². The van der Waals surface area contributed by atoms with Gasteiger partial charge in [0.2, 0.25) is 5.78 Å². The van der Waals surface area contributed by atoms with Crippen LogP contribution < -0.4 is 10.2 Å². The van der Waals surface area contributed by atoms with Crippen LogP contribution in [-0.4, -0.2) is 47.1 Å². The molecule has 29 heavy (non-hydrogen) atoms. The van der Waals surface area contributed by atoms with E-state index in [9.17, 15) is 22.4 Å². The number of hydrogen-bond donors (Lipinski definition) is 1. The van der Waals surface area contributed by atoms with Crippen LogP contribution in [0.15, 0.2) is 36.7 Å². The summed E-state index contributed by atoms with van der Waals surface area (Å²) in [6.45, 7) is 4.37. The number of rotatable bonds is 5. The molecule has 0 spiro atoms.